The SMILES string of the molecule is Cc1ncc(COI)c(CO)c1O. The third kappa shape index (κ3) is 2.29. The van der Waals surface area contributed by atoms with E-state index in [4.69, 9.17) is 8.17 Å². The van der Waals surface area contributed by atoms with Crippen molar-refractivity contribution in [2.45, 2.75) is 20.1 Å². The molecular weight excluding hydrogens is 285 g/mol. The molecule has 0 aliphatic rings. The first-order valence-corrected chi connectivity index (χ1v) is 4.59. The summed E-state index contributed by atoms with van der Waals surface area (Å²) in [7, 11) is 0. The smallest absolute Gasteiger partial charge is 0.142 e. The van der Waals surface area contributed by atoms with Gasteiger partial charge in [-0.05, 0) is 6.92 Å². The van der Waals surface area contributed by atoms with Crippen LogP contribution in [0.5, 0.6) is 5.75 Å². The molecule has 13 heavy (non-hydrogen) atoms. The van der Waals surface area contributed by atoms with Gasteiger partial charge in [0.15, 0.2) is 0 Å². The second kappa shape index (κ2) is 4.73. The molecule has 0 fully saturated rings. The average Bonchev–Trinajstić information content (AvgIpc) is 2.12. The van der Waals surface area contributed by atoms with Crippen LogP contribution in [0.15, 0.2) is 6.20 Å². The Balaban J connectivity index is 3.13. The highest BCUT2D eigenvalue weighted by molar-refractivity contribution is 14.1. The van der Waals surface area contributed by atoms with Crippen LogP contribution in [0, 0.1) is 6.92 Å². The number of hydrogen-bond donors (Lipinski definition) is 2. The zero-order valence-corrected chi connectivity index (χ0v) is 9.28. The Bertz CT molecular complexity index is 304. The summed E-state index contributed by atoms with van der Waals surface area (Å²) in [6.07, 6.45) is 1.60. The van der Waals surface area contributed by atoms with Crippen molar-refractivity contribution in [1.82, 2.24) is 4.98 Å². The van der Waals surface area contributed by atoms with Gasteiger partial charge in [0.25, 0.3) is 0 Å². The molecular formula is C8H10INO3. The normalized spacial score (nSPS) is 10.4. The number of aromatic hydroxyl groups is 1. The monoisotopic (exact) mass is 295 g/mol. The van der Waals surface area contributed by atoms with E-state index in [9.17, 15) is 5.11 Å². The Morgan fingerprint density at radius 2 is 2.31 bits per heavy atom. The van der Waals surface area contributed by atoms with Crippen molar-refractivity contribution in [3.63, 3.8) is 0 Å². The molecule has 0 atom stereocenters. The molecule has 0 amide bonds. The predicted molar refractivity (Wildman–Crippen MR) is 55.4 cm³/mol. The molecule has 1 heterocycles. The van der Waals surface area contributed by atoms with E-state index in [1.165, 1.54) is 0 Å². The Kier molecular flexibility index (Phi) is 3.89. The Morgan fingerprint density at radius 1 is 1.62 bits per heavy atom. The molecule has 0 aliphatic carbocycles. The standard InChI is InChI=1S/C8H10INO3/c1-5-8(12)7(3-11)6(2-10-5)4-13-9/h2,11-12H,3-4H2,1H3. The number of aliphatic hydroxyl groups excluding tert-OH is 1. The molecule has 0 saturated carbocycles. The summed E-state index contributed by atoms with van der Waals surface area (Å²) >= 11 is 1.75. The minimum Gasteiger partial charge on any atom is -0.506 e. The predicted octanol–water partition coefficient (Wildman–Crippen LogP) is 1.45. The number of pyridine rings is 1. The highest BCUT2D eigenvalue weighted by Gasteiger charge is 2.10. The maximum Gasteiger partial charge on any atom is 0.142 e. The van der Waals surface area contributed by atoms with E-state index in [0.29, 0.717) is 23.4 Å². The molecule has 0 aromatic carbocycles. The van der Waals surface area contributed by atoms with E-state index in [1.807, 2.05) is 0 Å². The summed E-state index contributed by atoms with van der Waals surface area (Å²) in [5.74, 6) is 0.0495. The number of aromatic nitrogens is 1. The van der Waals surface area contributed by atoms with Crippen molar-refractivity contribution in [3.05, 3.63) is 23.0 Å². The first-order chi connectivity index (χ1) is 6.20. The van der Waals surface area contributed by atoms with Gasteiger partial charge in [-0.2, -0.15) is 0 Å². The van der Waals surface area contributed by atoms with Crippen LogP contribution in [0.3, 0.4) is 0 Å². The molecule has 5 heteroatoms. The molecule has 1 aromatic heterocycles. The molecule has 2 N–H and O–H groups in total. The molecule has 1 aromatic rings. The number of nitrogens with zero attached hydrogens (tertiary/aromatic N) is 1. The number of aryl methyl sites for hydroxylation is 1. The van der Waals surface area contributed by atoms with Crippen molar-refractivity contribution in [2.24, 2.45) is 0 Å². The second-order valence-electron chi connectivity index (χ2n) is 2.61. The maximum atomic E-state index is 9.52. The minimum absolute atomic E-state index is 0.0495. The summed E-state index contributed by atoms with van der Waals surface area (Å²) in [4.78, 5) is 3.96. The van der Waals surface area contributed by atoms with Crippen molar-refractivity contribution in [1.29, 1.82) is 0 Å². The molecule has 1 rings (SSSR count). The summed E-state index contributed by atoms with van der Waals surface area (Å²) in [5.41, 5.74) is 1.71. The number of aliphatic hydroxyl groups is 1. The van der Waals surface area contributed by atoms with Gasteiger partial charge in [0.1, 0.15) is 28.8 Å². The number of hydrogen-bond acceptors (Lipinski definition) is 4. The maximum absolute atomic E-state index is 9.52. The fourth-order valence-corrected chi connectivity index (χ4v) is 1.38. The van der Waals surface area contributed by atoms with Crippen LogP contribution < -0.4 is 0 Å². The number of rotatable bonds is 3. The lowest BCUT2D eigenvalue weighted by Crippen LogP contribution is -1.98. The van der Waals surface area contributed by atoms with Crippen LogP contribution in [0.4, 0.5) is 0 Å². The van der Waals surface area contributed by atoms with E-state index in [2.05, 4.69) is 4.98 Å². The lowest BCUT2D eigenvalue weighted by atomic mass is 10.1. The van der Waals surface area contributed by atoms with E-state index >= 15 is 0 Å². The highest BCUT2D eigenvalue weighted by atomic mass is 127. The molecule has 0 radical (unpaired) electrons. The van der Waals surface area contributed by atoms with Gasteiger partial charge in [-0.3, -0.25) is 4.98 Å². The molecule has 0 bridgehead atoms. The van der Waals surface area contributed by atoms with Gasteiger partial charge in [0.2, 0.25) is 0 Å². The van der Waals surface area contributed by atoms with Crippen LogP contribution in [0.2, 0.25) is 0 Å². The molecule has 0 saturated heterocycles. The van der Waals surface area contributed by atoms with Crippen LogP contribution in [-0.2, 0) is 16.3 Å². The first kappa shape index (κ1) is 10.7. The molecule has 4 nitrogen and oxygen atoms in total. The van der Waals surface area contributed by atoms with Crippen LogP contribution in [0.25, 0.3) is 0 Å². The molecule has 0 unspecified atom stereocenters. The average molecular weight is 295 g/mol. The number of halogens is 1. The largest absolute Gasteiger partial charge is 0.506 e. The quantitative estimate of drug-likeness (QED) is 0.829. The Morgan fingerprint density at radius 3 is 2.85 bits per heavy atom. The first-order valence-electron chi connectivity index (χ1n) is 3.71. The molecule has 0 spiro atoms. The van der Waals surface area contributed by atoms with Crippen LogP contribution >= 0.6 is 23.0 Å². The van der Waals surface area contributed by atoms with Gasteiger partial charge in [0, 0.05) is 17.3 Å². The third-order valence-electron chi connectivity index (χ3n) is 1.80. The summed E-state index contributed by atoms with van der Waals surface area (Å²) in [6, 6.07) is 0. The van der Waals surface area contributed by atoms with E-state index in [1.54, 1.807) is 36.1 Å². The van der Waals surface area contributed by atoms with E-state index in [0.717, 1.165) is 0 Å². The van der Waals surface area contributed by atoms with Crippen molar-refractivity contribution >= 4 is 23.0 Å². The van der Waals surface area contributed by atoms with Gasteiger partial charge < -0.3 is 13.3 Å². The second-order valence-corrected chi connectivity index (χ2v) is 3.23. The van der Waals surface area contributed by atoms with Crippen molar-refractivity contribution < 1.29 is 13.3 Å². The fourth-order valence-electron chi connectivity index (χ4n) is 1.04. The van der Waals surface area contributed by atoms with E-state index in [-0.39, 0.29) is 12.4 Å². The minimum atomic E-state index is -0.204. The summed E-state index contributed by atoms with van der Waals surface area (Å²) in [6.45, 7) is 1.81. The highest BCUT2D eigenvalue weighted by Crippen LogP contribution is 2.24. The van der Waals surface area contributed by atoms with E-state index < -0.39 is 0 Å². The van der Waals surface area contributed by atoms with Crippen molar-refractivity contribution in [3.8, 4) is 5.75 Å². The fraction of sp³-hybridized carbons (Fsp3) is 0.375. The zero-order valence-electron chi connectivity index (χ0n) is 7.12. The molecule has 0 aliphatic heterocycles. The van der Waals surface area contributed by atoms with Gasteiger partial charge in [-0.1, -0.05) is 0 Å². The summed E-state index contributed by atoms with van der Waals surface area (Å²) in [5, 5.41) is 18.5. The third-order valence-corrected chi connectivity index (χ3v) is 2.11. The van der Waals surface area contributed by atoms with Gasteiger partial charge >= 0.3 is 0 Å². The molecule has 72 valence electrons. The van der Waals surface area contributed by atoms with Crippen molar-refractivity contribution in [2.75, 3.05) is 0 Å². The summed E-state index contributed by atoms with van der Waals surface area (Å²) < 4.78 is 4.87. The van der Waals surface area contributed by atoms with Gasteiger partial charge in [-0.25, -0.2) is 0 Å². The zero-order chi connectivity index (χ0) is 9.84. The van der Waals surface area contributed by atoms with Gasteiger partial charge in [-0.15, -0.1) is 0 Å². The van der Waals surface area contributed by atoms with Gasteiger partial charge in [0.05, 0.1) is 18.9 Å². The Labute approximate surface area is 90.3 Å². The van der Waals surface area contributed by atoms with Crippen LogP contribution in [-0.4, -0.2) is 15.2 Å². The Hall–Kier alpha value is -0.400. The topological polar surface area (TPSA) is 62.6 Å². The lowest BCUT2D eigenvalue weighted by molar-refractivity contribution is 0.270. The van der Waals surface area contributed by atoms with Crippen LogP contribution in [0.1, 0.15) is 16.8 Å². The lowest BCUT2D eigenvalue weighted by Gasteiger charge is -2.08.